The molecule has 4 bridgehead atoms. The third-order valence-electron chi connectivity index (χ3n) is 13.9. The molecule has 0 aromatic rings. The zero-order valence-corrected chi connectivity index (χ0v) is 27.9. The lowest BCUT2D eigenvalue weighted by Crippen LogP contribution is -2.65. The molecule has 2 aliphatic heterocycles. The molecule has 6 heteroatoms. The van der Waals surface area contributed by atoms with Gasteiger partial charge in [-0.3, -0.25) is 9.69 Å². The van der Waals surface area contributed by atoms with Crippen molar-refractivity contribution in [3.05, 3.63) is 11.6 Å². The van der Waals surface area contributed by atoms with Crippen molar-refractivity contribution in [3.63, 3.8) is 0 Å². The normalized spacial score (nSPS) is 43.9. The summed E-state index contributed by atoms with van der Waals surface area (Å²) in [5, 5.41) is 11.5. The highest BCUT2D eigenvalue weighted by molar-refractivity contribution is 5.90. The molecule has 6 rings (SSSR count). The number of hydrogen-bond acceptors (Lipinski definition) is 5. The average Bonchev–Trinajstić information content (AvgIpc) is 3.71. The van der Waals surface area contributed by atoms with Gasteiger partial charge in [-0.05, 0) is 100 Å². The Bertz CT molecular complexity index is 1070. The Labute approximate surface area is 261 Å². The number of allylic oxidation sites excluding steroid dienone is 1. The van der Waals surface area contributed by atoms with Gasteiger partial charge in [0.25, 0.3) is 0 Å². The summed E-state index contributed by atoms with van der Waals surface area (Å²) in [5.41, 5.74) is -1.44. The third kappa shape index (κ3) is 4.57. The van der Waals surface area contributed by atoms with Gasteiger partial charge in [-0.1, -0.05) is 72.0 Å². The quantitative estimate of drug-likeness (QED) is 0.189. The minimum atomic E-state index is -1.14. The first kappa shape index (κ1) is 31.7. The molecular formula is C37H60N2O4. The van der Waals surface area contributed by atoms with Crippen LogP contribution in [0.1, 0.15) is 105 Å². The molecule has 6 aliphatic rings. The maximum absolute atomic E-state index is 14.0. The molecule has 242 valence electrons. The van der Waals surface area contributed by atoms with Gasteiger partial charge in [-0.25, -0.2) is 0 Å². The number of carbonyl (C=O) groups excluding carboxylic acids is 1. The van der Waals surface area contributed by atoms with Gasteiger partial charge in [0.1, 0.15) is 11.7 Å². The predicted molar refractivity (Wildman–Crippen MR) is 171 cm³/mol. The summed E-state index contributed by atoms with van der Waals surface area (Å²) in [6.07, 6.45) is 15.7. The molecule has 1 N–H and O–H groups in total. The van der Waals surface area contributed by atoms with Crippen LogP contribution in [0, 0.1) is 51.8 Å². The SMILES string of the molecule is CCCCC1CC(C23C[C@@H]4[C@H](C)CC[C@H]4C4(C=O)CC2C=C(C(C)C)[C@@]34C(=O)O)OC1CN(CC)CCN1CCCCC1. The summed E-state index contributed by atoms with van der Waals surface area (Å²) in [6.45, 7) is 17.8. The van der Waals surface area contributed by atoms with Crippen LogP contribution in [0.4, 0.5) is 0 Å². The number of ether oxygens (including phenoxy) is 1. The van der Waals surface area contributed by atoms with Gasteiger partial charge >= 0.3 is 5.97 Å². The Hall–Kier alpha value is -1.24. The van der Waals surface area contributed by atoms with E-state index in [9.17, 15) is 14.7 Å². The molecule has 0 aromatic heterocycles. The van der Waals surface area contributed by atoms with Gasteiger partial charge in [0.15, 0.2) is 0 Å². The van der Waals surface area contributed by atoms with Crippen molar-refractivity contribution >= 4 is 12.3 Å². The number of aldehydes is 1. The molecule has 6 unspecified atom stereocenters. The monoisotopic (exact) mass is 596 g/mol. The van der Waals surface area contributed by atoms with Crippen LogP contribution in [0.15, 0.2) is 11.6 Å². The molecule has 43 heavy (non-hydrogen) atoms. The van der Waals surface area contributed by atoms with E-state index in [0.717, 1.165) is 63.9 Å². The summed E-state index contributed by atoms with van der Waals surface area (Å²) >= 11 is 0. The van der Waals surface area contributed by atoms with E-state index in [-0.39, 0.29) is 30.0 Å². The van der Waals surface area contributed by atoms with Crippen molar-refractivity contribution in [3.8, 4) is 0 Å². The maximum atomic E-state index is 14.0. The number of unbranched alkanes of at least 4 members (excludes halogenated alkanes) is 1. The number of likely N-dealkylation sites (tertiary alicyclic amines) is 1. The number of carboxylic acids is 1. The largest absolute Gasteiger partial charge is 0.481 e. The van der Waals surface area contributed by atoms with Crippen LogP contribution in [0.3, 0.4) is 0 Å². The van der Waals surface area contributed by atoms with Gasteiger partial charge in [-0.2, -0.15) is 0 Å². The second kappa shape index (κ2) is 12.2. The summed E-state index contributed by atoms with van der Waals surface area (Å²) in [4.78, 5) is 32.8. The van der Waals surface area contributed by atoms with Crippen molar-refractivity contribution in [1.29, 1.82) is 0 Å². The van der Waals surface area contributed by atoms with Crippen LogP contribution in [-0.2, 0) is 14.3 Å². The Balaban J connectivity index is 1.34. The number of aliphatic carboxylic acids is 1. The zero-order chi connectivity index (χ0) is 30.6. The number of likely N-dealkylation sites (N-methyl/N-ethyl adjacent to an activating group) is 1. The molecule has 2 heterocycles. The minimum Gasteiger partial charge on any atom is -0.481 e. The lowest BCUT2D eigenvalue weighted by atomic mass is 9.41. The molecule has 0 aromatic carbocycles. The average molecular weight is 597 g/mol. The fourth-order valence-corrected chi connectivity index (χ4v) is 12.1. The lowest BCUT2D eigenvalue weighted by Gasteiger charge is -2.60. The first-order valence-corrected chi connectivity index (χ1v) is 18.2. The van der Waals surface area contributed by atoms with Crippen LogP contribution in [0.5, 0.6) is 0 Å². The summed E-state index contributed by atoms with van der Waals surface area (Å²) < 4.78 is 7.35. The number of rotatable bonds is 13. The van der Waals surface area contributed by atoms with E-state index in [1.165, 1.54) is 51.5 Å². The van der Waals surface area contributed by atoms with Crippen molar-refractivity contribution in [1.82, 2.24) is 9.80 Å². The highest BCUT2D eigenvalue weighted by Gasteiger charge is 2.86. The molecule has 0 radical (unpaired) electrons. The lowest BCUT2D eigenvalue weighted by molar-refractivity contribution is -0.197. The molecular weight excluding hydrogens is 536 g/mol. The van der Waals surface area contributed by atoms with Gasteiger partial charge in [0.05, 0.1) is 17.6 Å². The van der Waals surface area contributed by atoms with Crippen LogP contribution in [-0.4, -0.2) is 78.6 Å². The fraction of sp³-hybridized carbons (Fsp3) is 0.892. The van der Waals surface area contributed by atoms with Crippen molar-refractivity contribution in [2.75, 3.05) is 39.3 Å². The standard InChI is InChI=1S/C37H60N2O4/c1-6-8-12-27-19-33(43-32(27)23-38(7-2)17-18-39-15-10-9-11-16-39)36-22-29-26(5)13-14-30(29)35(24-40)21-28(36)20-31(25(3)4)37(35,36)34(41)42/h20,24-30,32-33H,6-19,21-23H2,1-5H3,(H,41,42)/t26-,27?,28?,29-,30-,32?,33?,35?,36?,37+/m1/s1. The van der Waals surface area contributed by atoms with E-state index in [1.807, 2.05) is 0 Å². The van der Waals surface area contributed by atoms with Crippen molar-refractivity contribution < 1.29 is 19.4 Å². The molecule has 0 amide bonds. The smallest absolute Gasteiger partial charge is 0.315 e. The number of carbonyl (C=O) groups is 2. The van der Waals surface area contributed by atoms with Gasteiger partial charge in [-0.15, -0.1) is 0 Å². The van der Waals surface area contributed by atoms with Crippen molar-refractivity contribution in [2.45, 2.75) is 117 Å². The Morgan fingerprint density at radius 2 is 1.95 bits per heavy atom. The van der Waals surface area contributed by atoms with Gasteiger partial charge in [0.2, 0.25) is 0 Å². The number of carboxylic acid groups (broad SMARTS) is 1. The van der Waals surface area contributed by atoms with Crippen LogP contribution < -0.4 is 0 Å². The van der Waals surface area contributed by atoms with Crippen LogP contribution >= 0.6 is 0 Å². The molecule has 3 saturated carbocycles. The molecule has 2 saturated heterocycles. The fourth-order valence-electron chi connectivity index (χ4n) is 12.1. The van der Waals surface area contributed by atoms with Crippen molar-refractivity contribution in [2.24, 2.45) is 51.8 Å². The van der Waals surface area contributed by atoms with E-state index in [1.54, 1.807) is 0 Å². The number of hydrogen-bond donors (Lipinski definition) is 1. The van der Waals surface area contributed by atoms with Crippen LogP contribution in [0.2, 0.25) is 0 Å². The summed E-state index contributed by atoms with van der Waals surface area (Å²) in [6, 6.07) is 0. The molecule has 4 aliphatic carbocycles. The number of nitrogens with zero attached hydrogens (tertiary/aromatic N) is 2. The van der Waals surface area contributed by atoms with E-state index in [2.05, 4.69) is 50.5 Å². The number of piperidine rings is 1. The molecule has 0 spiro atoms. The van der Waals surface area contributed by atoms with E-state index in [4.69, 9.17) is 4.74 Å². The minimum absolute atomic E-state index is 0.105. The molecule has 10 atom stereocenters. The Morgan fingerprint density at radius 1 is 1.19 bits per heavy atom. The predicted octanol–water partition coefficient (Wildman–Crippen LogP) is 6.68. The summed E-state index contributed by atoms with van der Waals surface area (Å²) in [7, 11) is 0. The van der Waals surface area contributed by atoms with Gasteiger partial charge < -0.3 is 19.5 Å². The maximum Gasteiger partial charge on any atom is 0.315 e. The first-order valence-electron chi connectivity index (χ1n) is 18.2. The molecule has 5 fully saturated rings. The highest BCUT2D eigenvalue weighted by Crippen LogP contribution is 2.84. The van der Waals surface area contributed by atoms with Gasteiger partial charge in [0, 0.05) is 25.0 Å². The topological polar surface area (TPSA) is 70.1 Å². The van der Waals surface area contributed by atoms with Crippen LogP contribution in [0.25, 0.3) is 0 Å². The first-order chi connectivity index (χ1) is 20.7. The number of fused-ring (bicyclic) bond motifs is 2. The van der Waals surface area contributed by atoms with E-state index >= 15 is 0 Å². The Kier molecular flexibility index (Phi) is 8.98. The molecule has 6 nitrogen and oxygen atoms in total. The Morgan fingerprint density at radius 3 is 2.60 bits per heavy atom. The third-order valence-corrected chi connectivity index (χ3v) is 13.9. The second-order valence-corrected chi connectivity index (χ2v) is 16.0. The zero-order valence-electron chi connectivity index (χ0n) is 27.9. The second-order valence-electron chi connectivity index (χ2n) is 16.0. The van der Waals surface area contributed by atoms with E-state index in [0.29, 0.717) is 24.2 Å². The highest BCUT2D eigenvalue weighted by atomic mass is 16.5. The van der Waals surface area contributed by atoms with E-state index < -0.39 is 22.2 Å². The summed E-state index contributed by atoms with van der Waals surface area (Å²) in [5.74, 6) is 1.04.